The fourth-order valence-corrected chi connectivity index (χ4v) is 5.22. The molecule has 11 nitrogen and oxygen atoms in total. The number of nitrogens with one attached hydrogen (secondary N) is 3. The standard InChI is InChI=1S/C30H37N5O6/c1-17(2)26(29(39)35-13-5-8-25(35)30(40)41)34-28(38)24(15-19-16-32-23-7-4-3-6-21(19)23)33-27(37)22(31)14-18-9-11-20(36)12-10-18/h3-4,6-7,9-12,16-17,22,24-26,32,36H,5,8,13-15,31H2,1-2H3,(H,33,37)(H,34,38)(H,40,41). The summed E-state index contributed by atoms with van der Waals surface area (Å²) in [6.07, 6.45) is 3.03. The lowest BCUT2D eigenvalue weighted by atomic mass is 9.99. The van der Waals surface area contributed by atoms with Crippen LogP contribution in [0.4, 0.5) is 0 Å². The third kappa shape index (κ3) is 7.04. The van der Waals surface area contributed by atoms with E-state index in [1.54, 1.807) is 32.2 Å². The Labute approximate surface area is 238 Å². The van der Waals surface area contributed by atoms with Crippen molar-refractivity contribution in [1.82, 2.24) is 20.5 Å². The maximum Gasteiger partial charge on any atom is 0.326 e. The fraction of sp³-hybridized carbons (Fsp3) is 0.400. The van der Waals surface area contributed by atoms with Gasteiger partial charge in [0.05, 0.1) is 6.04 Å². The molecule has 1 aromatic heterocycles. The summed E-state index contributed by atoms with van der Waals surface area (Å²) in [6, 6.07) is 9.99. The van der Waals surface area contributed by atoms with Crippen molar-refractivity contribution < 1.29 is 29.4 Å². The van der Waals surface area contributed by atoms with Crippen LogP contribution in [-0.2, 0) is 32.0 Å². The summed E-state index contributed by atoms with van der Waals surface area (Å²) in [5, 5.41) is 25.6. The van der Waals surface area contributed by atoms with E-state index in [1.165, 1.54) is 17.0 Å². The van der Waals surface area contributed by atoms with E-state index >= 15 is 0 Å². The predicted octanol–water partition coefficient (Wildman–Crippen LogP) is 1.69. The lowest BCUT2D eigenvalue weighted by Crippen LogP contribution is -2.59. The first-order chi connectivity index (χ1) is 19.5. The highest BCUT2D eigenvalue weighted by atomic mass is 16.4. The molecule has 218 valence electrons. The predicted molar refractivity (Wildman–Crippen MR) is 153 cm³/mol. The second kappa shape index (κ2) is 12.9. The number of rotatable bonds is 11. The molecule has 0 spiro atoms. The average molecular weight is 564 g/mol. The van der Waals surface area contributed by atoms with Gasteiger partial charge in [0.15, 0.2) is 0 Å². The van der Waals surface area contributed by atoms with Crippen molar-refractivity contribution in [2.75, 3.05) is 6.54 Å². The number of aromatic nitrogens is 1. The fourth-order valence-electron chi connectivity index (χ4n) is 5.22. The first-order valence-electron chi connectivity index (χ1n) is 13.8. The molecule has 4 atom stereocenters. The van der Waals surface area contributed by atoms with Gasteiger partial charge >= 0.3 is 5.97 Å². The number of carbonyl (C=O) groups is 4. The normalized spacial score (nSPS) is 17.3. The molecular weight excluding hydrogens is 526 g/mol. The van der Waals surface area contributed by atoms with Gasteiger partial charge in [-0.3, -0.25) is 14.4 Å². The second-order valence-corrected chi connectivity index (χ2v) is 10.9. The highest BCUT2D eigenvalue weighted by molar-refractivity contribution is 5.95. The number of fused-ring (bicyclic) bond motifs is 1. The lowest BCUT2D eigenvalue weighted by Gasteiger charge is -2.30. The number of aromatic amines is 1. The summed E-state index contributed by atoms with van der Waals surface area (Å²) < 4.78 is 0. The molecule has 0 saturated carbocycles. The van der Waals surface area contributed by atoms with Gasteiger partial charge in [-0.15, -0.1) is 0 Å². The van der Waals surface area contributed by atoms with E-state index in [0.717, 1.165) is 22.0 Å². The van der Waals surface area contributed by atoms with Gasteiger partial charge in [-0.2, -0.15) is 0 Å². The van der Waals surface area contributed by atoms with Gasteiger partial charge in [-0.1, -0.05) is 44.2 Å². The number of phenolic OH excluding ortho intramolecular Hbond substituents is 1. The number of H-pyrrole nitrogens is 1. The highest BCUT2D eigenvalue weighted by Crippen LogP contribution is 2.22. The van der Waals surface area contributed by atoms with Crippen molar-refractivity contribution in [2.45, 2.75) is 63.7 Å². The van der Waals surface area contributed by atoms with E-state index in [2.05, 4.69) is 15.6 Å². The van der Waals surface area contributed by atoms with Crippen molar-refractivity contribution in [1.29, 1.82) is 0 Å². The average Bonchev–Trinajstić information content (AvgIpc) is 3.60. The molecule has 3 amide bonds. The van der Waals surface area contributed by atoms with Gasteiger partial charge in [0.25, 0.3) is 0 Å². The van der Waals surface area contributed by atoms with Crippen LogP contribution in [0, 0.1) is 5.92 Å². The third-order valence-corrected chi connectivity index (χ3v) is 7.51. The number of carbonyl (C=O) groups excluding carboxylic acids is 3. The zero-order chi connectivity index (χ0) is 29.7. The molecule has 0 aliphatic carbocycles. The Balaban J connectivity index is 1.55. The zero-order valence-electron chi connectivity index (χ0n) is 23.2. The van der Waals surface area contributed by atoms with Crippen molar-refractivity contribution >= 4 is 34.6 Å². The quantitative estimate of drug-likeness (QED) is 0.205. The lowest BCUT2D eigenvalue weighted by molar-refractivity contribution is -0.150. The molecule has 1 saturated heterocycles. The van der Waals surface area contributed by atoms with Gasteiger partial charge in [-0.25, -0.2) is 4.79 Å². The number of nitrogens with two attached hydrogens (primary N) is 1. The first-order valence-corrected chi connectivity index (χ1v) is 13.8. The second-order valence-electron chi connectivity index (χ2n) is 10.9. The number of carboxylic acid groups (broad SMARTS) is 1. The van der Waals surface area contributed by atoms with Crippen LogP contribution in [0.1, 0.15) is 37.8 Å². The molecule has 1 fully saturated rings. The Hall–Kier alpha value is -4.38. The number of para-hydroxylation sites is 1. The zero-order valence-corrected chi connectivity index (χ0v) is 23.2. The van der Waals surface area contributed by atoms with Crippen LogP contribution in [0.5, 0.6) is 5.75 Å². The van der Waals surface area contributed by atoms with Crippen molar-refractivity contribution in [3.05, 3.63) is 65.9 Å². The van der Waals surface area contributed by atoms with E-state index < -0.39 is 47.9 Å². The number of hydrogen-bond acceptors (Lipinski definition) is 6. The number of benzene rings is 2. The van der Waals surface area contributed by atoms with Gasteiger partial charge in [0.1, 0.15) is 23.9 Å². The molecular formula is C30H37N5O6. The van der Waals surface area contributed by atoms with E-state index in [0.29, 0.717) is 19.4 Å². The van der Waals surface area contributed by atoms with Crippen molar-refractivity contribution in [3.63, 3.8) is 0 Å². The van der Waals surface area contributed by atoms with E-state index in [1.807, 2.05) is 24.3 Å². The molecule has 41 heavy (non-hydrogen) atoms. The minimum Gasteiger partial charge on any atom is -0.508 e. The van der Waals surface area contributed by atoms with Crippen molar-refractivity contribution in [3.8, 4) is 5.75 Å². The molecule has 1 aliphatic rings. The molecule has 0 bridgehead atoms. The minimum absolute atomic E-state index is 0.0973. The van der Waals surface area contributed by atoms with Crippen LogP contribution < -0.4 is 16.4 Å². The number of likely N-dealkylation sites (tertiary alicyclic amines) is 1. The van der Waals surface area contributed by atoms with Gasteiger partial charge in [0.2, 0.25) is 17.7 Å². The smallest absolute Gasteiger partial charge is 0.326 e. The summed E-state index contributed by atoms with van der Waals surface area (Å²) >= 11 is 0. The summed E-state index contributed by atoms with van der Waals surface area (Å²) in [6.45, 7) is 3.85. The van der Waals surface area contributed by atoms with Crippen LogP contribution in [-0.4, -0.2) is 74.5 Å². The van der Waals surface area contributed by atoms with E-state index in [-0.39, 0.29) is 24.5 Å². The van der Waals surface area contributed by atoms with E-state index in [9.17, 15) is 29.4 Å². The number of aliphatic carboxylic acids is 1. The summed E-state index contributed by atoms with van der Waals surface area (Å²) in [5.41, 5.74) is 8.61. The Morgan fingerprint density at radius 1 is 1.02 bits per heavy atom. The van der Waals surface area contributed by atoms with Crippen LogP contribution >= 0.6 is 0 Å². The first kappa shape index (κ1) is 29.6. The molecule has 1 aliphatic heterocycles. The maximum absolute atomic E-state index is 13.7. The van der Waals surface area contributed by atoms with Crippen LogP contribution in [0.15, 0.2) is 54.7 Å². The van der Waals surface area contributed by atoms with Gasteiger partial charge in [-0.05, 0) is 54.5 Å². The molecule has 4 rings (SSSR count). The molecule has 2 aromatic carbocycles. The number of amides is 3. The highest BCUT2D eigenvalue weighted by Gasteiger charge is 2.39. The number of aromatic hydroxyl groups is 1. The van der Waals surface area contributed by atoms with Crippen molar-refractivity contribution in [2.24, 2.45) is 11.7 Å². The number of hydrogen-bond donors (Lipinski definition) is 6. The number of phenols is 1. The topological polar surface area (TPSA) is 178 Å². The molecule has 7 N–H and O–H groups in total. The molecule has 11 heteroatoms. The Kier molecular flexibility index (Phi) is 9.28. The van der Waals surface area contributed by atoms with Gasteiger partial charge in [0, 0.05) is 30.1 Å². The Morgan fingerprint density at radius 3 is 2.41 bits per heavy atom. The molecule has 2 heterocycles. The third-order valence-electron chi connectivity index (χ3n) is 7.51. The number of carboxylic acids is 1. The SMILES string of the molecule is CC(C)C(NC(=O)C(Cc1c[nH]c2ccccc12)NC(=O)C(N)Cc1ccc(O)cc1)C(=O)N1CCCC1C(=O)O. The minimum atomic E-state index is -1.07. The maximum atomic E-state index is 13.7. The molecule has 0 radical (unpaired) electrons. The van der Waals surface area contributed by atoms with Crippen LogP contribution in [0.25, 0.3) is 10.9 Å². The van der Waals surface area contributed by atoms with E-state index in [4.69, 9.17) is 5.73 Å². The summed E-state index contributed by atoms with van der Waals surface area (Å²) in [4.78, 5) is 56.5. The molecule has 3 aromatic rings. The Bertz CT molecular complexity index is 1400. The van der Waals surface area contributed by atoms with Gasteiger partial charge < -0.3 is 36.5 Å². The summed E-state index contributed by atoms with van der Waals surface area (Å²) in [5.74, 6) is -2.88. The monoisotopic (exact) mass is 563 g/mol. The molecule has 4 unspecified atom stereocenters. The Morgan fingerprint density at radius 2 is 1.73 bits per heavy atom. The largest absolute Gasteiger partial charge is 0.508 e. The van der Waals surface area contributed by atoms with Crippen LogP contribution in [0.2, 0.25) is 0 Å². The van der Waals surface area contributed by atoms with Crippen LogP contribution in [0.3, 0.4) is 0 Å². The number of nitrogens with zero attached hydrogens (tertiary/aromatic N) is 1. The summed E-state index contributed by atoms with van der Waals surface area (Å²) in [7, 11) is 0.